The van der Waals surface area contributed by atoms with E-state index in [9.17, 15) is 18.0 Å². The summed E-state index contributed by atoms with van der Waals surface area (Å²) in [5.41, 5.74) is 2.50. The molecule has 0 spiro atoms. The maximum Gasteiger partial charge on any atom is 0.254 e. The number of hydrogen-bond donors (Lipinski definition) is 0. The smallest absolute Gasteiger partial charge is 0.254 e. The second-order valence-corrected chi connectivity index (χ2v) is 19.0. The predicted molar refractivity (Wildman–Crippen MR) is 186 cm³/mol. The summed E-state index contributed by atoms with van der Waals surface area (Å²) in [7, 11) is -3.56. The molecule has 2 aliphatic carbocycles. The van der Waals surface area contributed by atoms with E-state index in [-0.39, 0.29) is 38.5 Å². The molecule has 4 unspecified atom stereocenters. The van der Waals surface area contributed by atoms with Gasteiger partial charge in [-0.25, -0.2) is 8.42 Å². The highest BCUT2D eigenvalue weighted by Crippen LogP contribution is 2.54. The highest BCUT2D eigenvalue weighted by Gasteiger charge is 2.52. The van der Waals surface area contributed by atoms with Gasteiger partial charge in [0, 0.05) is 36.3 Å². The van der Waals surface area contributed by atoms with Crippen molar-refractivity contribution in [1.82, 2.24) is 9.80 Å². The van der Waals surface area contributed by atoms with E-state index >= 15 is 0 Å². The fourth-order valence-corrected chi connectivity index (χ4v) is 11.1. The molecule has 0 N–H and O–H groups in total. The first-order valence-corrected chi connectivity index (χ1v) is 18.5. The minimum Gasteiger partial charge on any atom is -0.335 e. The lowest BCUT2D eigenvalue weighted by atomic mass is 9.65. The van der Waals surface area contributed by atoms with Gasteiger partial charge in [0.1, 0.15) is 0 Å². The van der Waals surface area contributed by atoms with Crippen LogP contribution in [0.3, 0.4) is 0 Å². The average Bonchev–Trinajstić information content (AvgIpc) is 3.43. The summed E-state index contributed by atoms with van der Waals surface area (Å²) in [5, 5.41) is 0. The zero-order valence-corrected chi connectivity index (χ0v) is 29.6. The van der Waals surface area contributed by atoms with Crippen molar-refractivity contribution in [2.45, 2.75) is 102 Å². The van der Waals surface area contributed by atoms with Crippen molar-refractivity contribution in [1.29, 1.82) is 0 Å². The van der Waals surface area contributed by atoms with Crippen LogP contribution in [-0.2, 0) is 9.84 Å². The third-order valence-electron chi connectivity index (χ3n) is 10.8. The molecule has 3 aromatic rings. The molecule has 2 heterocycles. The first-order chi connectivity index (χ1) is 22.0. The average molecular weight is 655 g/mol. The van der Waals surface area contributed by atoms with Crippen molar-refractivity contribution in [2.75, 3.05) is 13.1 Å². The number of nitrogens with zero attached hydrogens (tertiary/aromatic N) is 2. The summed E-state index contributed by atoms with van der Waals surface area (Å²) in [5.74, 6) is 0.224. The van der Waals surface area contributed by atoms with Crippen LogP contribution in [0.5, 0.6) is 0 Å². The molecule has 47 heavy (non-hydrogen) atoms. The largest absolute Gasteiger partial charge is 0.335 e. The minimum atomic E-state index is -3.56. The van der Waals surface area contributed by atoms with E-state index in [2.05, 4.69) is 46.4 Å². The number of carbonyl (C=O) groups is 2. The fourth-order valence-electron chi connectivity index (χ4n) is 9.82. The summed E-state index contributed by atoms with van der Waals surface area (Å²) >= 11 is 0. The van der Waals surface area contributed by atoms with Crippen LogP contribution in [0, 0.1) is 21.7 Å². The Morgan fingerprint density at radius 3 is 1.38 bits per heavy atom. The van der Waals surface area contributed by atoms with E-state index in [1.165, 1.54) is 12.8 Å². The van der Waals surface area contributed by atoms with Gasteiger partial charge in [-0.1, -0.05) is 77.9 Å². The summed E-state index contributed by atoms with van der Waals surface area (Å²) in [6, 6.07) is 25.2. The van der Waals surface area contributed by atoms with Crippen LogP contribution in [0.25, 0.3) is 0 Å². The molecule has 7 heteroatoms. The Bertz CT molecular complexity index is 1740. The molecule has 7 rings (SSSR count). The monoisotopic (exact) mass is 654 g/mol. The Morgan fingerprint density at radius 2 is 0.936 bits per heavy atom. The number of likely N-dealkylation sites (tertiary alicyclic amines) is 2. The van der Waals surface area contributed by atoms with Gasteiger partial charge >= 0.3 is 0 Å². The Balaban J connectivity index is 0.000000177. The summed E-state index contributed by atoms with van der Waals surface area (Å²) < 4.78 is 25.5. The molecule has 0 radical (unpaired) electrons. The molecule has 250 valence electrons. The van der Waals surface area contributed by atoms with Gasteiger partial charge in [-0.05, 0) is 109 Å². The van der Waals surface area contributed by atoms with Gasteiger partial charge in [0.05, 0.1) is 9.79 Å². The number of carbonyl (C=O) groups excluding carboxylic acids is 2. The van der Waals surface area contributed by atoms with Gasteiger partial charge in [0.15, 0.2) is 0 Å². The number of sulfone groups is 1. The Labute approximate surface area is 281 Å². The Hall–Kier alpha value is -3.45. The highest BCUT2D eigenvalue weighted by atomic mass is 32.2. The van der Waals surface area contributed by atoms with Crippen molar-refractivity contribution in [3.05, 3.63) is 96.1 Å². The number of fused-ring (bicyclic) bond motifs is 4. The fraction of sp³-hybridized carbons (Fsp3) is 0.500. The van der Waals surface area contributed by atoms with Crippen LogP contribution in [0.15, 0.2) is 94.7 Å². The van der Waals surface area contributed by atoms with Gasteiger partial charge in [-0.15, -0.1) is 0 Å². The zero-order chi connectivity index (χ0) is 33.8. The summed E-state index contributed by atoms with van der Waals surface area (Å²) in [6.45, 7) is 15.6. The molecule has 3 aromatic carbocycles. The minimum absolute atomic E-state index is 0.00934. The molecule has 2 aliphatic heterocycles. The van der Waals surface area contributed by atoms with Crippen molar-refractivity contribution in [3.63, 3.8) is 0 Å². The molecule has 2 saturated carbocycles. The third-order valence-corrected chi connectivity index (χ3v) is 12.6. The topological polar surface area (TPSA) is 74.8 Å². The SMILES string of the molecule is CC1(C)CC2CC(C)(CN2C(=O)c2ccc(S(=O)(=O)c3ccccc3)cc2)C1.CC1(C)CC2CC(C)(CN2C(=O)c2ccccc2)C1. The molecule has 6 nitrogen and oxygen atoms in total. The van der Waals surface area contributed by atoms with Crippen molar-refractivity contribution < 1.29 is 18.0 Å². The van der Waals surface area contributed by atoms with Crippen LogP contribution in [-0.4, -0.2) is 55.2 Å². The maximum atomic E-state index is 13.2. The Kier molecular flexibility index (Phi) is 8.47. The van der Waals surface area contributed by atoms with Gasteiger partial charge in [0.2, 0.25) is 9.84 Å². The molecule has 0 aromatic heterocycles. The van der Waals surface area contributed by atoms with E-state index in [0.717, 1.165) is 44.3 Å². The molecule has 4 fully saturated rings. The Morgan fingerprint density at radius 1 is 0.553 bits per heavy atom. The van der Waals surface area contributed by atoms with Crippen LogP contribution in [0.2, 0.25) is 0 Å². The maximum absolute atomic E-state index is 13.2. The first kappa shape index (κ1) is 33.5. The van der Waals surface area contributed by atoms with E-state index in [0.29, 0.717) is 22.4 Å². The normalized spacial score (nSPS) is 28.7. The molecular formula is C40H50N2O4S. The van der Waals surface area contributed by atoms with Gasteiger partial charge in [0.25, 0.3) is 11.8 Å². The van der Waals surface area contributed by atoms with Crippen LogP contribution >= 0.6 is 0 Å². The number of amides is 2. The van der Waals surface area contributed by atoms with Crippen LogP contribution in [0.4, 0.5) is 0 Å². The lowest BCUT2D eigenvalue weighted by molar-refractivity contribution is 0.0699. The van der Waals surface area contributed by atoms with Gasteiger partial charge in [-0.2, -0.15) is 0 Å². The molecule has 4 aliphatic rings. The van der Waals surface area contributed by atoms with Crippen molar-refractivity contribution >= 4 is 21.7 Å². The van der Waals surface area contributed by atoms with Crippen LogP contribution in [0.1, 0.15) is 101 Å². The van der Waals surface area contributed by atoms with Crippen LogP contribution < -0.4 is 0 Å². The highest BCUT2D eigenvalue weighted by molar-refractivity contribution is 7.91. The van der Waals surface area contributed by atoms with Crippen molar-refractivity contribution in [2.24, 2.45) is 21.7 Å². The number of hydrogen-bond acceptors (Lipinski definition) is 4. The van der Waals surface area contributed by atoms with E-state index in [1.54, 1.807) is 54.6 Å². The molecule has 4 bridgehead atoms. The predicted octanol–water partition coefficient (Wildman–Crippen LogP) is 8.29. The lowest BCUT2D eigenvalue weighted by Gasteiger charge is -2.39. The van der Waals surface area contributed by atoms with Crippen molar-refractivity contribution in [3.8, 4) is 0 Å². The second kappa shape index (κ2) is 11.9. The molecule has 2 saturated heterocycles. The van der Waals surface area contributed by atoms with Gasteiger partial charge in [-0.3, -0.25) is 9.59 Å². The van der Waals surface area contributed by atoms with E-state index in [4.69, 9.17) is 0 Å². The molecule has 2 amide bonds. The zero-order valence-electron chi connectivity index (χ0n) is 28.8. The number of rotatable bonds is 4. The molecular weight excluding hydrogens is 605 g/mol. The van der Waals surface area contributed by atoms with E-state index < -0.39 is 9.84 Å². The first-order valence-electron chi connectivity index (χ1n) is 17.1. The summed E-state index contributed by atoms with van der Waals surface area (Å²) in [4.78, 5) is 30.4. The quantitative estimate of drug-likeness (QED) is 0.284. The lowest BCUT2D eigenvalue weighted by Crippen LogP contribution is -2.37. The number of benzene rings is 3. The van der Waals surface area contributed by atoms with E-state index in [1.807, 2.05) is 35.2 Å². The standard InChI is InChI=1S/C23H27NO3S.C17H23NO/c1-22(2)13-18-14-23(3,15-22)16-24(18)21(25)17-9-11-20(12-10-17)28(26,27)19-7-5-4-6-8-19;1-16(2)9-14-10-17(3,11-16)12-18(14)15(19)13-7-5-4-6-8-13/h4-12,18H,13-16H2,1-3H3;4-8,14H,9-12H2,1-3H3. The second-order valence-electron chi connectivity index (χ2n) is 17.0. The summed E-state index contributed by atoms with van der Waals surface area (Å²) in [6.07, 6.45) is 6.76. The molecule has 4 atom stereocenters. The van der Waals surface area contributed by atoms with Gasteiger partial charge < -0.3 is 9.80 Å². The third kappa shape index (κ3) is 6.92.